The molecule has 5 nitrogen and oxygen atoms in total. The molecule has 2 aliphatic carbocycles. The molecule has 1 heterocycles. The first-order valence-corrected chi connectivity index (χ1v) is 7.32. The molecule has 1 aromatic rings. The van der Waals surface area contributed by atoms with Crippen molar-refractivity contribution in [3.05, 3.63) is 11.4 Å². The molecule has 3 atom stereocenters. The number of aryl methyl sites for hydroxylation is 1. The number of nitrogens with zero attached hydrogens (tertiary/aromatic N) is 2. The van der Waals surface area contributed by atoms with Gasteiger partial charge < -0.3 is 10.7 Å². The summed E-state index contributed by atoms with van der Waals surface area (Å²) in [5.41, 5.74) is 3.69. The number of hydrogen-bond donors (Lipinski definition) is 3. The maximum atomic E-state index is 5.54. The maximum absolute atomic E-state index is 5.54. The van der Waals surface area contributed by atoms with E-state index in [0.717, 1.165) is 41.3 Å². The molecule has 104 valence electrons. The van der Waals surface area contributed by atoms with Crippen LogP contribution in [0.4, 0.5) is 11.6 Å². The molecule has 0 aliphatic heterocycles. The fourth-order valence-corrected chi connectivity index (χ4v) is 3.60. The number of anilines is 2. The lowest BCUT2D eigenvalue weighted by atomic mass is 9.95. The van der Waals surface area contributed by atoms with Crippen LogP contribution in [0.1, 0.15) is 44.0 Å². The summed E-state index contributed by atoms with van der Waals surface area (Å²) in [6, 6.07) is 0.586. The fourth-order valence-electron chi connectivity index (χ4n) is 3.60. The minimum absolute atomic E-state index is 0.586. The van der Waals surface area contributed by atoms with Crippen LogP contribution < -0.4 is 16.6 Å². The molecular weight excluding hydrogens is 238 g/mol. The zero-order valence-corrected chi connectivity index (χ0v) is 11.7. The molecule has 2 bridgehead atoms. The number of rotatable bonds is 4. The van der Waals surface area contributed by atoms with Gasteiger partial charge in [0.15, 0.2) is 0 Å². The van der Waals surface area contributed by atoms with Gasteiger partial charge in [-0.1, -0.05) is 13.3 Å². The summed E-state index contributed by atoms with van der Waals surface area (Å²) in [7, 11) is 0. The van der Waals surface area contributed by atoms with Gasteiger partial charge in [0.1, 0.15) is 17.5 Å². The molecular formula is C14H23N5. The third kappa shape index (κ3) is 2.27. The Kier molecular flexibility index (Phi) is 3.31. The fraction of sp³-hybridized carbons (Fsp3) is 0.714. The van der Waals surface area contributed by atoms with Crippen LogP contribution in [0.25, 0.3) is 0 Å². The average molecular weight is 261 g/mol. The second-order valence-corrected chi connectivity index (χ2v) is 5.89. The molecule has 2 fully saturated rings. The molecule has 0 radical (unpaired) electrons. The maximum Gasteiger partial charge on any atom is 0.148 e. The van der Waals surface area contributed by atoms with Gasteiger partial charge in [0.25, 0.3) is 0 Å². The monoisotopic (exact) mass is 261 g/mol. The van der Waals surface area contributed by atoms with Crippen molar-refractivity contribution in [3.63, 3.8) is 0 Å². The van der Waals surface area contributed by atoms with Gasteiger partial charge in [-0.05, 0) is 38.0 Å². The highest BCUT2D eigenvalue weighted by atomic mass is 15.3. The summed E-state index contributed by atoms with van der Waals surface area (Å²) in [5, 5.41) is 3.64. The van der Waals surface area contributed by atoms with Gasteiger partial charge in [-0.25, -0.2) is 15.8 Å². The Hall–Kier alpha value is -1.36. The molecule has 0 spiro atoms. The minimum Gasteiger partial charge on any atom is -0.367 e. The van der Waals surface area contributed by atoms with Gasteiger partial charge in [-0.15, -0.1) is 0 Å². The number of nitrogens with one attached hydrogen (secondary N) is 2. The SMILES string of the molecule is CCc1nc(NN)c(C)c(NC2CC3CCC2C3)n1. The predicted octanol–water partition coefficient (Wildman–Crippen LogP) is 2.23. The third-order valence-electron chi connectivity index (χ3n) is 4.71. The lowest BCUT2D eigenvalue weighted by Gasteiger charge is -2.25. The molecule has 19 heavy (non-hydrogen) atoms. The van der Waals surface area contributed by atoms with Crippen molar-refractivity contribution < 1.29 is 0 Å². The van der Waals surface area contributed by atoms with Crippen LogP contribution in [-0.2, 0) is 6.42 Å². The Labute approximate surface area is 114 Å². The molecule has 2 saturated carbocycles. The van der Waals surface area contributed by atoms with Gasteiger partial charge in [-0.2, -0.15) is 0 Å². The molecule has 2 aliphatic rings. The smallest absolute Gasteiger partial charge is 0.148 e. The van der Waals surface area contributed by atoms with Crippen LogP contribution in [0.2, 0.25) is 0 Å². The van der Waals surface area contributed by atoms with Crippen LogP contribution in [0.15, 0.2) is 0 Å². The van der Waals surface area contributed by atoms with Crippen LogP contribution >= 0.6 is 0 Å². The van der Waals surface area contributed by atoms with Crippen molar-refractivity contribution in [3.8, 4) is 0 Å². The number of nitrogen functional groups attached to an aromatic ring is 1. The van der Waals surface area contributed by atoms with E-state index in [1.165, 1.54) is 25.7 Å². The average Bonchev–Trinajstić information content (AvgIpc) is 3.03. The first kappa shape index (κ1) is 12.7. The van der Waals surface area contributed by atoms with Crippen LogP contribution in [0.3, 0.4) is 0 Å². The van der Waals surface area contributed by atoms with E-state index >= 15 is 0 Å². The van der Waals surface area contributed by atoms with Gasteiger partial charge in [0.05, 0.1) is 0 Å². The van der Waals surface area contributed by atoms with Crippen molar-refractivity contribution in [1.82, 2.24) is 9.97 Å². The number of nitrogens with two attached hydrogens (primary N) is 1. The molecule has 3 rings (SSSR count). The third-order valence-corrected chi connectivity index (χ3v) is 4.71. The number of hydrazine groups is 1. The Morgan fingerprint density at radius 2 is 2.00 bits per heavy atom. The van der Waals surface area contributed by atoms with Crippen molar-refractivity contribution in [2.75, 3.05) is 10.7 Å². The van der Waals surface area contributed by atoms with Gasteiger partial charge in [-0.3, -0.25) is 0 Å². The first-order valence-electron chi connectivity index (χ1n) is 7.32. The molecule has 0 aromatic carbocycles. The topological polar surface area (TPSA) is 75.9 Å². The highest BCUT2D eigenvalue weighted by Gasteiger charge is 2.39. The molecule has 1 aromatic heterocycles. The van der Waals surface area contributed by atoms with Crippen molar-refractivity contribution in [2.24, 2.45) is 17.7 Å². The summed E-state index contributed by atoms with van der Waals surface area (Å²) in [4.78, 5) is 9.03. The Balaban J connectivity index is 1.83. The summed E-state index contributed by atoms with van der Waals surface area (Å²) in [6.45, 7) is 4.08. The zero-order chi connectivity index (χ0) is 13.4. The Morgan fingerprint density at radius 3 is 2.58 bits per heavy atom. The largest absolute Gasteiger partial charge is 0.367 e. The number of fused-ring (bicyclic) bond motifs is 2. The van der Waals surface area contributed by atoms with Gasteiger partial charge >= 0.3 is 0 Å². The molecule has 0 amide bonds. The molecule has 3 unspecified atom stereocenters. The predicted molar refractivity (Wildman–Crippen MR) is 76.8 cm³/mol. The van der Waals surface area contributed by atoms with E-state index < -0.39 is 0 Å². The Bertz CT molecular complexity index is 473. The van der Waals surface area contributed by atoms with E-state index in [4.69, 9.17) is 5.84 Å². The van der Waals surface area contributed by atoms with E-state index in [1.807, 2.05) is 6.92 Å². The van der Waals surface area contributed by atoms with E-state index in [9.17, 15) is 0 Å². The second kappa shape index (κ2) is 4.96. The zero-order valence-electron chi connectivity index (χ0n) is 11.7. The van der Waals surface area contributed by atoms with Gasteiger partial charge in [0, 0.05) is 18.0 Å². The summed E-state index contributed by atoms with van der Waals surface area (Å²) in [6.07, 6.45) is 6.29. The van der Waals surface area contributed by atoms with Gasteiger partial charge in [0.2, 0.25) is 0 Å². The number of hydrogen-bond acceptors (Lipinski definition) is 5. The van der Waals surface area contributed by atoms with Crippen LogP contribution in [0, 0.1) is 18.8 Å². The van der Waals surface area contributed by atoms with Crippen LogP contribution in [-0.4, -0.2) is 16.0 Å². The molecule has 4 N–H and O–H groups in total. The van der Waals surface area contributed by atoms with E-state index in [0.29, 0.717) is 6.04 Å². The Morgan fingerprint density at radius 1 is 1.21 bits per heavy atom. The van der Waals surface area contributed by atoms with E-state index in [2.05, 4.69) is 27.6 Å². The van der Waals surface area contributed by atoms with Crippen LogP contribution in [0.5, 0.6) is 0 Å². The second-order valence-electron chi connectivity index (χ2n) is 5.89. The minimum atomic E-state index is 0.586. The highest BCUT2D eigenvalue weighted by Crippen LogP contribution is 2.45. The summed E-state index contributed by atoms with van der Waals surface area (Å²) < 4.78 is 0. The van der Waals surface area contributed by atoms with Crippen molar-refractivity contribution in [1.29, 1.82) is 0 Å². The highest BCUT2D eigenvalue weighted by molar-refractivity contribution is 5.57. The molecule has 5 heteroatoms. The molecule has 0 saturated heterocycles. The summed E-state index contributed by atoms with van der Waals surface area (Å²) in [5.74, 6) is 9.84. The number of aromatic nitrogens is 2. The lowest BCUT2D eigenvalue weighted by molar-refractivity contribution is 0.438. The quantitative estimate of drug-likeness (QED) is 0.572. The van der Waals surface area contributed by atoms with E-state index in [-0.39, 0.29) is 0 Å². The standard InChI is InChI=1S/C14H23N5/c1-3-12-17-13(8(2)14(18-12)19-15)16-11-7-9-4-5-10(11)6-9/h9-11H,3-7,15H2,1-2H3,(H2,16,17,18,19). The first-order chi connectivity index (χ1) is 9.21. The lowest BCUT2D eigenvalue weighted by Crippen LogP contribution is -2.27. The summed E-state index contributed by atoms with van der Waals surface area (Å²) >= 11 is 0. The van der Waals surface area contributed by atoms with Crippen molar-refractivity contribution >= 4 is 11.6 Å². The normalized spacial score (nSPS) is 28.7. The van der Waals surface area contributed by atoms with Crippen molar-refractivity contribution in [2.45, 2.75) is 52.0 Å². The van der Waals surface area contributed by atoms with E-state index in [1.54, 1.807) is 0 Å².